The third kappa shape index (κ3) is 7.75. The summed E-state index contributed by atoms with van der Waals surface area (Å²) in [7, 11) is -3.34. The second-order valence-corrected chi connectivity index (χ2v) is 8.07. The van der Waals surface area contributed by atoms with Crippen LogP contribution in [0.1, 0.15) is 0 Å². The number of rotatable bonds is 2. The topological polar surface area (TPSA) is 109 Å². The molecule has 0 aliphatic heterocycles. The molecule has 0 saturated carbocycles. The molecule has 0 unspecified atom stereocenters. The zero-order valence-corrected chi connectivity index (χ0v) is 17.1. The summed E-state index contributed by atoms with van der Waals surface area (Å²) in [5.41, 5.74) is 0. The van der Waals surface area contributed by atoms with Crippen LogP contribution in [0.25, 0.3) is 0 Å². The third-order valence-corrected chi connectivity index (χ3v) is 5.57. The molecule has 0 fully saturated rings. The first-order valence-corrected chi connectivity index (χ1v) is 10.5. The van der Waals surface area contributed by atoms with Gasteiger partial charge in [-0.3, -0.25) is 9.59 Å². The normalized spacial score (nSPS) is 12.3. The van der Waals surface area contributed by atoms with Crippen molar-refractivity contribution in [2.75, 3.05) is 0 Å². The maximum atomic E-state index is 12.0. The van der Waals surface area contributed by atoms with Gasteiger partial charge in [0.25, 0.3) is 0 Å². The zero-order chi connectivity index (χ0) is 22.7. The van der Waals surface area contributed by atoms with Crippen LogP contribution in [0, 0.1) is 0 Å². The smallest absolute Gasteiger partial charge is 0.206 e. The largest absolute Gasteiger partial charge is 0.508 e. The van der Waals surface area contributed by atoms with Crippen molar-refractivity contribution in [2.24, 2.45) is 0 Å². The minimum atomic E-state index is -3.34. The van der Waals surface area contributed by atoms with Crippen LogP contribution in [-0.4, -0.2) is 30.2 Å². The lowest BCUT2D eigenvalue weighted by Crippen LogP contribution is -2.00. The number of benzene rings is 3. The third-order valence-electron chi connectivity index (χ3n) is 3.78. The van der Waals surface area contributed by atoms with E-state index in [2.05, 4.69) is 0 Å². The molecule has 6 nitrogen and oxygen atoms in total. The Balaban J connectivity index is 0.000000181. The van der Waals surface area contributed by atoms with Crippen molar-refractivity contribution >= 4 is 21.4 Å². The highest BCUT2D eigenvalue weighted by Crippen LogP contribution is 2.19. The highest BCUT2D eigenvalue weighted by atomic mass is 32.2. The highest BCUT2D eigenvalue weighted by Gasteiger charge is 2.15. The van der Waals surface area contributed by atoms with Crippen LogP contribution in [0.4, 0.5) is 0 Å². The van der Waals surface area contributed by atoms with E-state index in [0.717, 1.165) is 0 Å². The summed E-state index contributed by atoms with van der Waals surface area (Å²) >= 11 is 0. The van der Waals surface area contributed by atoms with Crippen LogP contribution in [0.3, 0.4) is 0 Å². The summed E-state index contributed by atoms with van der Waals surface area (Å²) in [4.78, 5) is 21.2. The molecule has 0 heterocycles. The maximum Gasteiger partial charge on any atom is 0.206 e. The molecule has 0 saturated heterocycles. The molecule has 0 radical (unpaired) electrons. The minimum absolute atomic E-state index is 0.121. The average molecular weight is 436 g/mol. The summed E-state index contributed by atoms with van der Waals surface area (Å²) in [5, 5.41) is 17.3. The Morgan fingerprint density at radius 1 is 0.484 bits per heavy atom. The summed E-state index contributed by atoms with van der Waals surface area (Å²) in [6.45, 7) is 0. The second kappa shape index (κ2) is 11.3. The Kier molecular flexibility index (Phi) is 8.48. The molecule has 3 aromatic rings. The van der Waals surface area contributed by atoms with Gasteiger partial charge in [0.05, 0.1) is 9.79 Å². The first-order valence-electron chi connectivity index (χ1n) is 9.06. The van der Waals surface area contributed by atoms with E-state index in [9.17, 15) is 18.0 Å². The van der Waals surface area contributed by atoms with Gasteiger partial charge in [-0.25, -0.2) is 8.42 Å². The number of hydrogen-bond donors (Lipinski definition) is 2. The quantitative estimate of drug-likeness (QED) is 0.466. The fourth-order valence-electron chi connectivity index (χ4n) is 2.23. The van der Waals surface area contributed by atoms with Crippen LogP contribution in [0.5, 0.6) is 11.5 Å². The van der Waals surface area contributed by atoms with Gasteiger partial charge in [0, 0.05) is 0 Å². The standard InChI is InChI=1S/C12H10O2S.C6H6O2.C6H4O2/c13-15(14,11-7-3-1-4-8-11)12-9-5-2-6-10-12;2*7-5-1-2-6(8)4-3-5/h1-10H;1-4,7-8H;1-4H. The maximum absolute atomic E-state index is 12.0. The van der Waals surface area contributed by atoms with Crippen molar-refractivity contribution in [1.29, 1.82) is 0 Å². The summed E-state index contributed by atoms with van der Waals surface area (Å²) < 4.78 is 24.1. The molecule has 0 atom stereocenters. The van der Waals surface area contributed by atoms with Crippen molar-refractivity contribution in [2.45, 2.75) is 9.79 Å². The van der Waals surface area contributed by atoms with Crippen LogP contribution in [-0.2, 0) is 19.4 Å². The number of hydrogen-bond acceptors (Lipinski definition) is 6. The Morgan fingerprint density at radius 2 is 0.774 bits per heavy atom. The molecule has 158 valence electrons. The highest BCUT2D eigenvalue weighted by molar-refractivity contribution is 7.91. The predicted octanol–water partition coefficient (Wildman–Crippen LogP) is 3.87. The van der Waals surface area contributed by atoms with Crippen LogP contribution >= 0.6 is 0 Å². The number of allylic oxidation sites excluding steroid dienone is 4. The number of phenolic OH excluding ortho intramolecular Hbond substituents is 2. The molecule has 0 bridgehead atoms. The van der Waals surface area contributed by atoms with Gasteiger partial charge >= 0.3 is 0 Å². The minimum Gasteiger partial charge on any atom is -0.508 e. The van der Waals surface area contributed by atoms with Gasteiger partial charge in [0.2, 0.25) is 9.84 Å². The molecule has 7 heteroatoms. The number of ketones is 2. The molecule has 0 amide bonds. The summed E-state index contributed by atoms with van der Waals surface area (Å²) in [6, 6.07) is 22.6. The lowest BCUT2D eigenvalue weighted by molar-refractivity contribution is -0.113. The molecule has 31 heavy (non-hydrogen) atoms. The zero-order valence-electron chi connectivity index (χ0n) is 16.3. The lowest BCUT2D eigenvalue weighted by atomic mass is 10.2. The van der Waals surface area contributed by atoms with Gasteiger partial charge in [-0.05, 0) is 72.8 Å². The number of sulfone groups is 1. The van der Waals surface area contributed by atoms with E-state index in [1.807, 2.05) is 0 Å². The van der Waals surface area contributed by atoms with Gasteiger partial charge < -0.3 is 10.2 Å². The molecule has 2 N–H and O–H groups in total. The second-order valence-electron chi connectivity index (χ2n) is 6.12. The summed E-state index contributed by atoms with van der Waals surface area (Å²) in [6.07, 6.45) is 5.01. The van der Waals surface area contributed by atoms with Gasteiger partial charge in [0.15, 0.2) is 11.6 Å². The molecule has 1 aliphatic carbocycles. The first-order chi connectivity index (χ1) is 14.8. The van der Waals surface area contributed by atoms with Crippen molar-refractivity contribution in [3.63, 3.8) is 0 Å². The molecule has 0 aromatic heterocycles. The predicted molar refractivity (Wildman–Crippen MR) is 116 cm³/mol. The van der Waals surface area contributed by atoms with Gasteiger partial charge in [-0.15, -0.1) is 0 Å². The Labute approximate surface area is 180 Å². The SMILES string of the molecule is O=C1C=CC(=O)C=C1.O=S(=O)(c1ccccc1)c1ccccc1.Oc1ccc(O)cc1. The van der Waals surface area contributed by atoms with E-state index in [0.29, 0.717) is 9.79 Å². The molecule has 1 aliphatic rings. The average Bonchev–Trinajstić information content (AvgIpc) is 2.80. The molecule has 0 spiro atoms. The van der Waals surface area contributed by atoms with E-state index in [1.165, 1.54) is 48.6 Å². The van der Waals surface area contributed by atoms with E-state index in [4.69, 9.17) is 10.2 Å². The fourth-order valence-corrected chi connectivity index (χ4v) is 3.53. The molecular weight excluding hydrogens is 416 g/mol. The van der Waals surface area contributed by atoms with Crippen molar-refractivity contribution < 1.29 is 28.2 Å². The van der Waals surface area contributed by atoms with E-state index < -0.39 is 9.84 Å². The lowest BCUT2D eigenvalue weighted by Gasteiger charge is -2.03. The number of carbonyl (C=O) groups is 2. The van der Waals surface area contributed by atoms with Crippen molar-refractivity contribution in [1.82, 2.24) is 0 Å². The van der Waals surface area contributed by atoms with Crippen LogP contribution in [0.2, 0.25) is 0 Å². The van der Waals surface area contributed by atoms with Crippen molar-refractivity contribution in [3.05, 3.63) is 109 Å². The number of aromatic hydroxyl groups is 2. The van der Waals surface area contributed by atoms with E-state index in [-0.39, 0.29) is 23.1 Å². The number of phenols is 2. The fraction of sp³-hybridized carbons (Fsp3) is 0. The molecule has 3 aromatic carbocycles. The van der Waals surface area contributed by atoms with Crippen molar-refractivity contribution in [3.8, 4) is 11.5 Å². The Hall–Kier alpha value is -3.97. The van der Waals surface area contributed by atoms with Crippen LogP contribution in [0.15, 0.2) is 119 Å². The Morgan fingerprint density at radius 3 is 1.06 bits per heavy atom. The Bertz CT molecular complexity index is 1060. The monoisotopic (exact) mass is 436 g/mol. The van der Waals surface area contributed by atoms with Gasteiger partial charge in [-0.1, -0.05) is 36.4 Å². The molecule has 4 rings (SSSR count). The summed E-state index contributed by atoms with van der Waals surface area (Å²) in [5.74, 6) is 0.0970. The van der Waals surface area contributed by atoms with E-state index in [1.54, 1.807) is 60.7 Å². The van der Waals surface area contributed by atoms with Crippen LogP contribution < -0.4 is 0 Å². The van der Waals surface area contributed by atoms with Gasteiger partial charge in [-0.2, -0.15) is 0 Å². The van der Waals surface area contributed by atoms with E-state index >= 15 is 0 Å². The molecular formula is C24H20O6S. The first kappa shape index (κ1) is 23.3. The number of carbonyl (C=O) groups excluding carboxylic acids is 2. The van der Waals surface area contributed by atoms with Gasteiger partial charge in [0.1, 0.15) is 11.5 Å².